The fourth-order valence-electron chi connectivity index (χ4n) is 2.28. The van der Waals surface area contributed by atoms with Gasteiger partial charge in [0.1, 0.15) is 0 Å². The zero-order chi connectivity index (χ0) is 12.2. The maximum atomic E-state index is 4.69. The van der Waals surface area contributed by atoms with Gasteiger partial charge < -0.3 is 15.2 Å². The lowest BCUT2D eigenvalue weighted by molar-refractivity contribution is 0.409. The van der Waals surface area contributed by atoms with Crippen molar-refractivity contribution < 1.29 is 4.52 Å². The second kappa shape index (κ2) is 5.18. The molecular weight excluding hydrogens is 228 g/mol. The van der Waals surface area contributed by atoms with Crippen LogP contribution >= 0.6 is 0 Å². The lowest BCUT2D eigenvalue weighted by Gasteiger charge is -2.09. The van der Waals surface area contributed by atoms with Gasteiger partial charge in [0.05, 0.1) is 0 Å². The SMILES string of the molecule is c1cc2c(c(CNCCc3ncon3)c1)NCC2. The summed E-state index contributed by atoms with van der Waals surface area (Å²) in [5.74, 6) is 0.749. The van der Waals surface area contributed by atoms with E-state index in [0.29, 0.717) is 0 Å². The maximum absolute atomic E-state index is 4.69. The maximum Gasteiger partial charge on any atom is 0.213 e. The highest BCUT2D eigenvalue weighted by atomic mass is 16.5. The van der Waals surface area contributed by atoms with E-state index in [1.54, 1.807) is 0 Å². The average molecular weight is 244 g/mol. The Morgan fingerprint density at radius 3 is 3.28 bits per heavy atom. The van der Waals surface area contributed by atoms with E-state index < -0.39 is 0 Å². The first kappa shape index (κ1) is 11.2. The summed E-state index contributed by atoms with van der Waals surface area (Å²) in [6.07, 6.45) is 3.29. The quantitative estimate of drug-likeness (QED) is 0.778. The van der Waals surface area contributed by atoms with Gasteiger partial charge in [-0.2, -0.15) is 4.98 Å². The number of fused-ring (bicyclic) bond motifs is 1. The van der Waals surface area contributed by atoms with Crippen molar-refractivity contribution in [3.05, 3.63) is 41.5 Å². The summed E-state index contributed by atoms with van der Waals surface area (Å²) in [5, 5.41) is 10.6. The van der Waals surface area contributed by atoms with Crippen molar-refractivity contribution in [2.24, 2.45) is 0 Å². The average Bonchev–Trinajstić information content (AvgIpc) is 3.05. The van der Waals surface area contributed by atoms with Crippen LogP contribution in [0.4, 0.5) is 5.69 Å². The Kier molecular flexibility index (Phi) is 3.23. The zero-order valence-electron chi connectivity index (χ0n) is 10.1. The third-order valence-electron chi connectivity index (χ3n) is 3.18. The van der Waals surface area contributed by atoms with Crippen LogP contribution in [-0.2, 0) is 19.4 Å². The van der Waals surface area contributed by atoms with Crippen LogP contribution in [0.3, 0.4) is 0 Å². The van der Waals surface area contributed by atoms with Crippen molar-refractivity contribution in [1.82, 2.24) is 15.5 Å². The molecule has 2 aromatic rings. The summed E-state index contributed by atoms with van der Waals surface area (Å²) in [7, 11) is 0. The minimum Gasteiger partial charge on any atom is -0.384 e. The van der Waals surface area contributed by atoms with Crippen LogP contribution in [0.5, 0.6) is 0 Å². The van der Waals surface area contributed by atoms with E-state index in [4.69, 9.17) is 4.52 Å². The summed E-state index contributed by atoms with van der Waals surface area (Å²) < 4.78 is 4.69. The van der Waals surface area contributed by atoms with Gasteiger partial charge in [-0.15, -0.1) is 0 Å². The second-order valence-corrected chi connectivity index (χ2v) is 4.40. The van der Waals surface area contributed by atoms with Gasteiger partial charge >= 0.3 is 0 Å². The van der Waals surface area contributed by atoms with Crippen LogP contribution in [0, 0.1) is 0 Å². The van der Waals surface area contributed by atoms with Crippen LogP contribution in [0.25, 0.3) is 0 Å². The van der Waals surface area contributed by atoms with Crippen molar-refractivity contribution in [2.75, 3.05) is 18.4 Å². The van der Waals surface area contributed by atoms with Gasteiger partial charge in [-0.1, -0.05) is 23.4 Å². The third-order valence-corrected chi connectivity index (χ3v) is 3.18. The number of nitrogens with zero attached hydrogens (tertiary/aromatic N) is 2. The van der Waals surface area contributed by atoms with E-state index in [2.05, 4.69) is 39.0 Å². The highest BCUT2D eigenvalue weighted by Gasteiger charge is 2.12. The molecule has 0 bridgehead atoms. The van der Waals surface area contributed by atoms with E-state index in [1.807, 2.05) is 0 Å². The molecule has 18 heavy (non-hydrogen) atoms. The van der Waals surface area contributed by atoms with E-state index in [0.717, 1.165) is 38.3 Å². The van der Waals surface area contributed by atoms with Gasteiger partial charge in [-0.3, -0.25) is 0 Å². The molecular formula is C13H16N4O. The Balaban J connectivity index is 1.53. The molecule has 0 spiro atoms. The zero-order valence-corrected chi connectivity index (χ0v) is 10.1. The first-order chi connectivity index (χ1) is 8.93. The Labute approximate surface area is 106 Å². The molecule has 0 amide bonds. The lowest BCUT2D eigenvalue weighted by Crippen LogP contribution is -2.17. The summed E-state index contributed by atoms with van der Waals surface area (Å²) in [6, 6.07) is 6.48. The van der Waals surface area contributed by atoms with Gasteiger partial charge in [-0.05, 0) is 17.5 Å². The van der Waals surface area contributed by atoms with E-state index in [9.17, 15) is 0 Å². The molecule has 0 fully saturated rings. The lowest BCUT2D eigenvalue weighted by atomic mass is 10.1. The summed E-state index contributed by atoms with van der Waals surface area (Å²) >= 11 is 0. The first-order valence-corrected chi connectivity index (χ1v) is 6.24. The van der Waals surface area contributed by atoms with Crippen molar-refractivity contribution in [1.29, 1.82) is 0 Å². The predicted octanol–water partition coefficient (Wildman–Crippen LogP) is 1.37. The molecule has 3 rings (SSSR count). The fourth-order valence-corrected chi connectivity index (χ4v) is 2.28. The highest BCUT2D eigenvalue weighted by Crippen LogP contribution is 2.25. The molecule has 1 aliphatic heterocycles. The third kappa shape index (κ3) is 2.36. The largest absolute Gasteiger partial charge is 0.384 e. The van der Waals surface area contributed by atoms with Crippen molar-refractivity contribution in [2.45, 2.75) is 19.4 Å². The number of aromatic nitrogens is 2. The Bertz CT molecular complexity index is 510. The molecule has 0 radical (unpaired) electrons. The summed E-state index contributed by atoms with van der Waals surface area (Å²) in [4.78, 5) is 3.99. The predicted molar refractivity (Wildman–Crippen MR) is 68.3 cm³/mol. The Morgan fingerprint density at radius 2 is 2.39 bits per heavy atom. The molecule has 1 aromatic heterocycles. The van der Waals surface area contributed by atoms with E-state index >= 15 is 0 Å². The monoisotopic (exact) mass is 244 g/mol. The van der Waals surface area contributed by atoms with Gasteiger partial charge in [0.2, 0.25) is 6.39 Å². The number of benzene rings is 1. The fraction of sp³-hybridized carbons (Fsp3) is 0.385. The van der Waals surface area contributed by atoms with Gasteiger partial charge in [0.25, 0.3) is 0 Å². The minimum absolute atomic E-state index is 0.749. The molecule has 94 valence electrons. The number of hydrogen-bond donors (Lipinski definition) is 2. The van der Waals surface area contributed by atoms with E-state index in [1.165, 1.54) is 23.2 Å². The Hall–Kier alpha value is -1.88. The Morgan fingerprint density at radius 1 is 1.39 bits per heavy atom. The van der Waals surface area contributed by atoms with Gasteiger partial charge in [0.15, 0.2) is 5.82 Å². The summed E-state index contributed by atoms with van der Waals surface area (Å²) in [6.45, 7) is 2.77. The molecule has 0 saturated carbocycles. The molecule has 0 unspecified atom stereocenters. The van der Waals surface area contributed by atoms with Crippen LogP contribution < -0.4 is 10.6 Å². The highest BCUT2D eigenvalue weighted by molar-refractivity contribution is 5.61. The van der Waals surface area contributed by atoms with Crippen LogP contribution in [0.15, 0.2) is 29.1 Å². The normalized spacial score (nSPS) is 13.3. The number of rotatable bonds is 5. The number of anilines is 1. The van der Waals surface area contributed by atoms with Gasteiger partial charge in [-0.25, -0.2) is 0 Å². The molecule has 1 aromatic carbocycles. The smallest absolute Gasteiger partial charge is 0.213 e. The second-order valence-electron chi connectivity index (χ2n) is 4.40. The molecule has 0 aliphatic carbocycles. The van der Waals surface area contributed by atoms with Crippen molar-refractivity contribution in [3.63, 3.8) is 0 Å². The minimum atomic E-state index is 0.749. The molecule has 5 heteroatoms. The standard InChI is InChI=1S/C13H16N4O/c1-2-10-4-7-15-13(10)11(3-1)8-14-6-5-12-16-9-18-17-12/h1-3,9,14-15H,4-8H2. The van der Waals surface area contributed by atoms with Crippen molar-refractivity contribution >= 4 is 5.69 Å². The molecule has 1 aliphatic rings. The molecule has 2 heterocycles. The molecule has 0 atom stereocenters. The number of hydrogen-bond acceptors (Lipinski definition) is 5. The topological polar surface area (TPSA) is 63.0 Å². The van der Waals surface area contributed by atoms with Gasteiger partial charge in [0, 0.05) is 31.7 Å². The first-order valence-electron chi connectivity index (χ1n) is 6.24. The number of nitrogens with one attached hydrogen (secondary N) is 2. The van der Waals surface area contributed by atoms with Crippen LogP contribution in [0.1, 0.15) is 17.0 Å². The van der Waals surface area contributed by atoms with Crippen molar-refractivity contribution in [3.8, 4) is 0 Å². The van der Waals surface area contributed by atoms with E-state index in [-0.39, 0.29) is 0 Å². The summed E-state index contributed by atoms with van der Waals surface area (Å²) in [5.41, 5.74) is 4.06. The van der Waals surface area contributed by atoms with Crippen LogP contribution in [-0.4, -0.2) is 23.2 Å². The van der Waals surface area contributed by atoms with Crippen LogP contribution in [0.2, 0.25) is 0 Å². The molecule has 5 nitrogen and oxygen atoms in total. The number of para-hydroxylation sites is 1. The molecule has 0 saturated heterocycles. The molecule has 2 N–H and O–H groups in total.